The van der Waals surface area contributed by atoms with Crippen molar-refractivity contribution < 1.29 is 19.2 Å². The van der Waals surface area contributed by atoms with E-state index in [1.54, 1.807) is 36.4 Å². The monoisotopic (exact) mass is 480 g/mol. The van der Waals surface area contributed by atoms with Gasteiger partial charge in [0.25, 0.3) is 16.8 Å². The minimum atomic E-state index is -0.500. The molecule has 0 unspecified atom stereocenters. The topological polar surface area (TPSA) is 89.8 Å². The third-order valence-electron chi connectivity index (χ3n) is 4.89. The number of hydrogen-bond donors (Lipinski definition) is 0. The zero-order chi connectivity index (χ0) is 23.4. The smallest absolute Gasteiger partial charge is 0.293 e. The fourth-order valence-electron chi connectivity index (χ4n) is 3.13. The first kappa shape index (κ1) is 22.6. The van der Waals surface area contributed by atoms with Crippen molar-refractivity contribution in [1.29, 1.82) is 0 Å². The standard InChI is InChI=1S/C24H17ClN2O5S/c25-21-4-2-1-3-18(21)15-32-20-11-7-16(8-12-20)13-22-23(28)26(24(29)33-22)14-17-5-9-19(10-6-17)27(30)31/h1-13H,14-15H2. The van der Waals surface area contributed by atoms with Gasteiger partial charge in [-0.15, -0.1) is 0 Å². The molecule has 0 N–H and O–H groups in total. The van der Waals surface area contributed by atoms with Gasteiger partial charge in [0.05, 0.1) is 16.4 Å². The fourth-order valence-corrected chi connectivity index (χ4v) is 4.16. The highest BCUT2D eigenvalue weighted by Gasteiger charge is 2.35. The number of benzene rings is 3. The van der Waals surface area contributed by atoms with Crippen molar-refractivity contribution in [3.63, 3.8) is 0 Å². The van der Waals surface area contributed by atoms with Gasteiger partial charge in [0.1, 0.15) is 12.4 Å². The Balaban J connectivity index is 1.40. The van der Waals surface area contributed by atoms with E-state index in [1.165, 1.54) is 24.3 Å². The van der Waals surface area contributed by atoms with E-state index in [1.807, 2.05) is 18.2 Å². The number of nitro benzene ring substituents is 1. The summed E-state index contributed by atoms with van der Waals surface area (Å²) >= 11 is 7.00. The number of non-ortho nitro benzene ring substituents is 1. The van der Waals surface area contributed by atoms with Crippen molar-refractivity contribution >= 4 is 46.3 Å². The number of nitro groups is 1. The maximum atomic E-state index is 12.7. The number of nitrogens with zero attached hydrogens (tertiary/aromatic N) is 2. The van der Waals surface area contributed by atoms with E-state index in [4.69, 9.17) is 16.3 Å². The van der Waals surface area contributed by atoms with Gasteiger partial charge < -0.3 is 4.74 Å². The van der Waals surface area contributed by atoms with Crippen LogP contribution >= 0.6 is 23.4 Å². The number of thioether (sulfide) groups is 1. The van der Waals surface area contributed by atoms with Crippen LogP contribution in [-0.2, 0) is 17.9 Å². The van der Waals surface area contributed by atoms with Crippen molar-refractivity contribution in [2.75, 3.05) is 0 Å². The molecule has 4 rings (SSSR count). The molecular weight excluding hydrogens is 464 g/mol. The van der Waals surface area contributed by atoms with Gasteiger partial charge in [-0.1, -0.05) is 54.1 Å². The molecule has 9 heteroatoms. The third kappa shape index (κ3) is 5.42. The molecule has 3 aromatic carbocycles. The molecule has 0 bridgehead atoms. The van der Waals surface area contributed by atoms with Gasteiger partial charge in [0.15, 0.2) is 0 Å². The Bertz CT molecular complexity index is 1240. The summed E-state index contributed by atoms with van der Waals surface area (Å²) in [6.07, 6.45) is 1.65. The summed E-state index contributed by atoms with van der Waals surface area (Å²) in [7, 11) is 0. The number of ether oxygens (including phenoxy) is 1. The highest BCUT2D eigenvalue weighted by atomic mass is 35.5. The minimum Gasteiger partial charge on any atom is -0.489 e. The zero-order valence-electron chi connectivity index (χ0n) is 17.1. The molecule has 0 spiro atoms. The summed E-state index contributed by atoms with van der Waals surface area (Å²) < 4.78 is 5.76. The Morgan fingerprint density at radius 1 is 1.00 bits per heavy atom. The fraction of sp³-hybridized carbons (Fsp3) is 0.0833. The van der Waals surface area contributed by atoms with Crippen LogP contribution < -0.4 is 4.74 Å². The van der Waals surface area contributed by atoms with Gasteiger partial charge in [-0.3, -0.25) is 24.6 Å². The van der Waals surface area contributed by atoms with Crippen LogP contribution in [0.3, 0.4) is 0 Å². The SMILES string of the molecule is O=C1SC(=Cc2ccc(OCc3ccccc3Cl)cc2)C(=O)N1Cc1ccc([N+](=O)[O-])cc1. The Morgan fingerprint density at radius 2 is 1.70 bits per heavy atom. The molecule has 1 fully saturated rings. The van der Waals surface area contributed by atoms with E-state index in [0.29, 0.717) is 27.8 Å². The van der Waals surface area contributed by atoms with Crippen molar-refractivity contribution in [3.05, 3.63) is 110 Å². The Morgan fingerprint density at radius 3 is 2.36 bits per heavy atom. The first-order valence-corrected chi connectivity index (χ1v) is 11.0. The molecule has 2 amide bonds. The lowest BCUT2D eigenvalue weighted by atomic mass is 10.2. The molecule has 166 valence electrons. The molecule has 7 nitrogen and oxygen atoms in total. The molecule has 0 radical (unpaired) electrons. The van der Waals surface area contributed by atoms with Gasteiger partial charge >= 0.3 is 0 Å². The molecule has 0 saturated carbocycles. The lowest BCUT2D eigenvalue weighted by Crippen LogP contribution is -2.27. The van der Waals surface area contributed by atoms with Gasteiger partial charge in [0.2, 0.25) is 0 Å². The summed E-state index contributed by atoms with van der Waals surface area (Å²) in [5.74, 6) is 0.251. The van der Waals surface area contributed by atoms with Crippen LogP contribution in [-0.4, -0.2) is 21.0 Å². The van der Waals surface area contributed by atoms with Crippen LogP contribution in [0.15, 0.2) is 77.7 Å². The second-order valence-electron chi connectivity index (χ2n) is 7.14. The van der Waals surface area contributed by atoms with Crippen molar-refractivity contribution in [3.8, 4) is 5.75 Å². The zero-order valence-corrected chi connectivity index (χ0v) is 18.7. The highest BCUT2D eigenvalue weighted by Crippen LogP contribution is 2.33. The molecule has 1 saturated heterocycles. The minimum absolute atomic E-state index is 0.0490. The largest absolute Gasteiger partial charge is 0.489 e. The summed E-state index contributed by atoms with van der Waals surface area (Å²) in [5, 5.41) is 11.0. The van der Waals surface area contributed by atoms with E-state index < -0.39 is 10.8 Å². The molecule has 0 aromatic heterocycles. The third-order valence-corrected chi connectivity index (χ3v) is 6.17. The molecule has 1 heterocycles. The summed E-state index contributed by atoms with van der Waals surface area (Å²) in [5.41, 5.74) is 2.21. The number of imide groups is 1. The van der Waals surface area contributed by atoms with Gasteiger partial charge in [0, 0.05) is 22.7 Å². The Hall–Kier alpha value is -3.62. The van der Waals surface area contributed by atoms with Crippen molar-refractivity contribution in [2.45, 2.75) is 13.2 Å². The maximum absolute atomic E-state index is 12.7. The predicted octanol–water partition coefficient (Wildman–Crippen LogP) is 6.06. The first-order valence-electron chi connectivity index (χ1n) is 9.86. The van der Waals surface area contributed by atoms with Crippen molar-refractivity contribution in [2.24, 2.45) is 0 Å². The lowest BCUT2D eigenvalue weighted by Gasteiger charge is -2.12. The van der Waals surface area contributed by atoms with E-state index in [0.717, 1.165) is 27.8 Å². The second-order valence-corrected chi connectivity index (χ2v) is 8.54. The van der Waals surface area contributed by atoms with Crippen LogP contribution in [0.4, 0.5) is 10.5 Å². The van der Waals surface area contributed by atoms with Gasteiger partial charge in [-0.2, -0.15) is 0 Å². The normalized spacial score (nSPS) is 14.7. The van der Waals surface area contributed by atoms with Crippen LogP contribution in [0.5, 0.6) is 5.75 Å². The highest BCUT2D eigenvalue weighted by molar-refractivity contribution is 8.18. The average Bonchev–Trinajstić information content (AvgIpc) is 3.07. The summed E-state index contributed by atoms with van der Waals surface area (Å²) in [6, 6.07) is 20.4. The molecule has 0 atom stereocenters. The maximum Gasteiger partial charge on any atom is 0.293 e. The van der Waals surface area contributed by atoms with Gasteiger partial charge in [-0.25, -0.2) is 0 Å². The molecular formula is C24H17ClN2O5S. The van der Waals surface area contributed by atoms with E-state index in [2.05, 4.69) is 0 Å². The van der Waals surface area contributed by atoms with E-state index in [-0.39, 0.29) is 17.5 Å². The number of amides is 2. The van der Waals surface area contributed by atoms with Crippen LogP contribution in [0.1, 0.15) is 16.7 Å². The van der Waals surface area contributed by atoms with Crippen LogP contribution in [0, 0.1) is 10.1 Å². The quantitative estimate of drug-likeness (QED) is 0.232. The lowest BCUT2D eigenvalue weighted by molar-refractivity contribution is -0.384. The first-order chi connectivity index (χ1) is 15.9. The summed E-state index contributed by atoms with van der Waals surface area (Å²) in [6.45, 7) is 0.384. The molecule has 1 aliphatic rings. The van der Waals surface area contributed by atoms with E-state index in [9.17, 15) is 19.7 Å². The number of halogens is 1. The average molecular weight is 481 g/mol. The Kier molecular flexibility index (Phi) is 6.76. The van der Waals surface area contributed by atoms with E-state index >= 15 is 0 Å². The summed E-state index contributed by atoms with van der Waals surface area (Å²) in [4.78, 5) is 36.8. The Labute approximate surface area is 198 Å². The predicted molar refractivity (Wildman–Crippen MR) is 127 cm³/mol. The molecule has 33 heavy (non-hydrogen) atoms. The van der Waals surface area contributed by atoms with Crippen LogP contribution in [0.25, 0.3) is 6.08 Å². The number of carbonyl (C=O) groups is 2. The second kappa shape index (κ2) is 9.89. The molecule has 0 aliphatic carbocycles. The van der Waals surface area contributed by atoms with Crippen LogP contribution in [0.2, 0.25) is 5.02 Å². The van der Waals surface area contributed by atoms with Gasteiger partial charge in [-0.05, 0) is 47.2 Å². The number of rotatable bonds is 7. The molecule has 3 aromatic rings. The van der Waals surface area contributed by atoms with Crippen molar-refractivity contribution in [1.82, 2.24) is 4.90 Å². The number of hydrogen-bond acceptors (Lipinski definition) is 6. The number of carbonyl (C=O) groups excluding carboxylic acids is 2. The molecule has 1 aliphatic heterocycles.